The largest absolute Gasteiger partial charge is 0.256 e. The average Bonchev–Trinajstić information content (AvgIpc) is 2.48. The van der Waals surface area contributed by atoms with Crippen molar-refractivity contribution in [1.82, 2.24) is 4.98 Å². The summed E-state index contributed by atoms with van der Waals surface area (Å²) in [6.07, 6.45) is 1.86. The van der Waals surface area contributed by atoms with Gasteiger partial charge in [0.05, 0.1) is 5.69 Å². The molecule has 0 unspecified atom stereocenters. The van der Waals surface area contributed by atoms with Crippen molar-refractivity contribution < 1.29 is 0 Å². The minimum absolute atomic E-state index is 0.989. The summed E-state index contributed by atoms with van der Waals surface area (Å²) in [5.74, 6) is 0. The number of halogens is 1. The summed E-state index contributed by atoms with van der Waals surface area (Å²) >= 11 is 3.50. The first-order valence-electron chi connectivity index (χ1n) is 6.10. The van der Waals surface area contributed by atoms with E-state index in [4.69, 9.17) is 0 Å². The molecule has 0 fully saturated rings. The molecule has 3 rings (SSSR count). The highest BCUT2D eigenvalue weighted by Gasteiger charge is 2.02. The Kier molecular flexibility index (Phi) is 3.43. The first-order valence-corrected chi connectivity index (χ1v) is 6.90. The third kappa shape index (κ3) is 2.74. The van der Waals surface area contributed by atoms with Crippen LogP contribution in [0.4, 0.5) is 0 Å². The first kappa shape index (κ1) is 12.1. The monoisotopic (exact) mass is 309 g/mol. The van der Waals surface area contributed by atoms with Gasteiger partial charge in [-0.1, -0.05) is 58.4 Å². The molecule has 19 heavy (non-hydrogen) atoms. The predicted octanol–water partition coefficient (Wildman–Crippen LogP) is 5.18. The lowest BCUT2D eigenvalue weighted by molar-refractivity contribution is 1.32. The van der Waals surface area contributed by atoms with Crippen LogP contribution in [0.5, 0.6) is 0 Å². The Hall–Kier alpha value is -1.93. The van der Waals surface area contributed by atoms with Crippen molar-refractivity contribution in [2.75, 3.05) is 0 Å². The standard InChI is InChI=1S/C17H12BrN/c18-16-8-4-7-15(11-16)17-12-14(9-10-19-17)13-5-2-1-3-6-13/h1-12H. The summed E-state index contributed by atoms with van der Waals surface area (Å²) in [6.45, 7) is 0. The summed E-state index contributed by atoms with van der Waals surface area (Å²) in [4.78, 5) is 4.46. The predicted molar refractivity (Wildman–Crippen MR) is 82.8 cm³/mol. The van der Waals surface area contributed by atoms with Gasteiger partial charge in [0.1, 0.15) is 0 Å². The van der Waals surface area contributed by atoms with Gasteiger partial charge < -0.3 is 0 Å². The second-order valence-electron chi connectivity index (χ2n) is 4.31. The molecule has 0 atom stereocenters. The maximum atomic E-state index is 4.46. The quantitative estimate of drug-likeness (QED) is 0.635. The highest BCUT2D eigenvalue weighted by molar-refractivity contribution is 9.10. The summed E-state index contributed by atoms with van der Waals surface area (Å²) in [6, 6.07) is 22.7. The Labute approximate surface area is 121 Å². The molecule has 1 nitrogen and oxygen atoms in total. The van der Waals surface area contributed by atoms with E-state index < -0.39 is 0 Å². The molecule has 0 spiro atoms. The molecule has 0 aliphatic heterocycles. The van der Waals surface area contributed by atoms with Crippen LogP contribution in [0.15, 0.2) is 77.4 Å². The molecule has 0 radical (unpaired) electrons. The Balaban J connectivity index is 2.06. The minimum Gasteiger partial charge on any atom is -0.256 e. The van der Waals surface area contributed by atoms with E-state index in [1.165, 1.54) is 11.1 Å². The normalized spacial score (nSPS) is 10.4. The molecule has 2 aromatic carbocycles. The van der Waals surface area contributed by atoms with Crippen LogP contribution in [0, 0.1) is 0 Å². The van der Waals surface area contributed by atoms with Gasteiger partial charge in [0.15, 0.2) is 0 Å². The molecular formula is C17H12BrN. The SMILES string of the molecule is Brc1cccc(-c2cc(-c3ccccc3)ccn2)c1. The van der Waals surface area contributed by atoms with Gasteiger partial charge >= 0.3 is 0 Å². The van der Waals surface area contributed by atoms with Crippen molar-refractivity contribution in [2.24, 2.45) is 0 Å². The van der Waals surface area contributed by atoms with Gasteiger partial charge in [0.2, 0.25) is 0 Å². The second kappa shape index (κ2) is 5.37. The molecule has 3 aromatic rings. The fraction of sp³-hybridized carbons (Fsp3) is 0. The zero-order valence-electron chi connectivity index (χ0n) is 10.3. The first-order chi connectivity index (χ1) is 9.33. The lowest BCUT2D eigenvalue weighted by Crippen LogP contribution is -1.85. The Morgan fingerprint density at radius 3 is 2.26 bits per heavy atom. The third-order valence-corrected chi connectivity index (χ3v) is 3.48. The summed E-state index contributed by atoms with van der Waals surface area (Å²) < 4.78 is 1.07. The van der Waals surface area contributed by atoms with Gasteiger partial charge in [-0.05, 0) is 35.4 Å². The van der Waals surface area contributed by atoms with E-state index >= 15 is 0 Å². The number of rotatable bonds is 2. The molecule has 0 bridgehead atoms. The van der Waals surface area contributed by atoms with Crippen LogP contribution in [0.3, 0.4) is 0 Å². The van der Waals surface area contributed by atoms with Crippen molar-refractivity contribution in [1.29, 1.82) is 0 Å². The van der Waals surface area contributed by atoms with E-state index in [1.807, 2.05) is 30.5 Å². The van der Waals surface area contributed by atoms with Gasteiger partial charge in [-0.15, -0.1) is 0 Å². The zero-order valence-corrected chi connectivity index (χ0v) is 11.8. The second-order valence-corrected chi connectivity index (χ2v) is 5.22. The van der Waals surface area contributed by atoms with Crippen LogP contribution in [-0.4, -0.2) is 4.98 Å². The molecular weight excluding hydrogens is 298 g/mol. The fourth-order valence-electron chi connectivity index (χ4n) is 2.05. The molecule has 2 heteroatoms. The topological polar surface area (TPSA) is 12.9 Å². The molecule has 0 aliphatic rings. The minimum atomic E-state index is 0.989. The van der Waals surface area contributed by atoms with Crippen molar-refractivity contribution in [3.63, 3.8) is 0 Å². The number of aromatic nitrogens is 1. The maximum Gasteiger partial charge on any atom is 0.0708 e. The van der Waals surface area contributed by atoms with Crippen molar-refractivity contribution in [2.45, 2.75) is 0 Å². The van der Waals surface area contributed by atoms with Gasteiger partial charge in [-0.3, -0.25) is 4.98 Å². The fourth-order valence-corrected chi connectivity index (χ4v) is 2.45. The smallest absolute Gasteiger partial charge is 0.0708 e. The number of hydrogen-bond donors (Lipinski definition) is 0. The molecule has 0 saturated heterocycles. The van der Waals surface area contributed by atoms with Gasteiger partial charge in [-0.2, -0.15) is 0 Å². The molecule has 0 saturated carbocycles. The van der Waals surface area contributed by atoms with Crippen molar-refractivity contribution in [3.05, 3.63) is 77.4 Å². The molecule has 0 N–H and O–H groups in total. The molecule has 0 amide bonds. The van der Waals surface area contributed by atoms with Gasteiger partial charge in [-0.25, -0.2) is 0 Å². The number of benzene rings is 2. The van der Waals surface area contributed by atoms with Gasteiger partial charge in [0.25, 0.3) is 0 Å². The average molecular weight is 310 g/mol. The number of pyridine rings is 1. The van der Waals surface area contributed by atoms with Crippen LogP contribution >= 0.6 is 15.9 Å². The molecule has 92 valence electrons. The van der Waals surface area contributed by atoms with Crippen molar-refractivity contribution in [3.8, 4) is 22.4 Å². The van der Waals surface area contributed by atoms with E-state index in [2.05, 4.69) is 63.4 Å². The van der Waals surface area contributed by atoms with Gasteiger partial charge in [0, 0.05) is 16.2 Å². The van der Waals surface area contributed by atoms with E-state index in [9.17, 15) is 0 Å². The highest BCUT2D eigenvalue weighted by Crippen LogP contribution is 2.25. The molecule has 1 aromatic heterocycles. The van der Waals surface area contributed by atoms with E-state index in [1.54, 1.807) is 0 Å². The Morgan fingerprint density at radius 2 is 1.47 bits per heavy atom. The summed E-state index contributed by atoms with van der Waals surface area (Å²) in [7, 11) is 0. The highest BCUT2D eigenvalue weighted by atomic mass is 79.9. The van der Waals surface area contributed by atoms with E-state index in [0.29, 0.717) is 0 Å². The lowest BCUT2D eigenvalue weighted by Gasteiger charge is -2.05. The zero-order chi connectivity index (χ0) is 13.1. The summed E-state index contributed by atoms with van der Waals surface area (Å²) in [5.41, 5.74) is 4.50. The number of nitrogens with zero attached hydrogens (tertiary/aromatic N) is 1. The Bertz CT molecular complexity index is 692. The van der Waals surface area contributed by atoms with E-state index in [-0.39, 0.29) is 0 Å². The molecule has 1 heterocycles. The maximum absolute atomic E-state index is 4.46. The van der Waals surface area contributed by atoms with Crippen LogP contribution < -0.4 is 0 Å². The van der Waals surface area contributed by atoms with E-state index in [0.717, 1.165) is 15.7 Å². The third-order valence-electron chi connectivity index (χ3n) is 2.99. The van der Waals surface area contributed by atoms with Crippen LogP contribution in [0.1, 0.15) is 0 Å². The summed E-state index contributed by atoms with van der Waals surface area (Å²) in [5, 5.41) is 0. The van der Waals surface area contributed by atoms with Crippen molar-refractivity contribution >= 4 is 15.9 Å². The Morgan fingerprint density at radius 1 is 0.684 bits per heavy atom. The van der Waals surface area contributed by atoms with Crippen LogP contribution in [0.2, 0.25) is 0 Å². The molecule has 0 aliphatic carbocycles. The van der Waals surface area contributed by atoms with Crippen LogP contribution in [0.25, 0.3) is 22.4 Å². The lowest BCUT2D eigenvalue weighted by atomic mass is 10.0. The van der Waals surface area contributed by atoms with Crippen LogP contribution in [-0.2, 0) is 0 Å². The number of hydrogen-bond acceptors (Lipinski definition) is 1.